The fraction of sp³-hybridized carbons (Fsp3) is 0.0714. The van der Waals surface area contributed by atoms with Gasteiger partial charge < -0.3 is 5.73 Å². The van der Waals surface area contributed by atoms with E-state index >= 15 is 0 Å². The number of ketones is 1. The number of nitrogens with two attached hydrogens (primary N) is 1. The van der Waals surface area contributed by atoms with Crippen LogP contribution in [0, 0.1) is 5.82 Å². The smallest absolute Gasteiger partial charge is 0.167 e. The number of rotatable bonds is 3. The van der Waals surface area contributed by atoms with Crippen molar-refractivity contribution in [3.05, 3.63) is 63.9 Å². The Morgan fingerprint density at radius 3 is 2.67 bits per heavy atom. The molecule has 2 aromatic rings. The zero-order valence-electron chi connectivity index (χ0n) is 9.49. The molecule has 0 bridgehead atoms. The van der Waals surface area contributed by atoms with Gasteiger partial charge in [0.15, 0.2) is 5.78 Å². The molecule has 0 fully saturated rings. The van der Waals surface area contributed by atoms with Crippen LogP contribution < -0.4 is 5.73 Å². The van der Waals surface area contributed by atoms with Crippen LogP contribution in [0.3, 0.4) is 0 Å². The molecule has 0 heterocycles. The van der Waals surface area contributed by atoms with Gasteiger partial charge in [0.1, 0.15) is 5.82 Å². The monoisotopic (exact) mass is 307 g/mol. The molecule has 2 nitrogen and oxygen atoms in total. The van der Waals surface area contributed by atoms with Crippen LogP contribution in [-0.2, 0) is 6.42 Å². The highest BCUT2D eigenvalue weighted by Crippen LogP contribution is 2.20. The molecular weight excluding hydrogens is 297 g/mol. The maximum atomic E-state index is 12.9. The summed E-state index contributed by atoms with van der Waals surface area (Å²) in [5, 5.41) is 0. The van der Waals surface area contributed by atoms with Gasteiger partial charge in [-0.15, -0.1) is 0 Å². The number of hydrogen-bond acceptors (Lipinski definition) is 2. The van der Waals surface area contributed by atoms with Crippen molar-refractivity contribution in [1.29, 1.82) is 0 Å². The first kappa shape index (κ1) is 12.8. The fourth-order valence-corrected chi connectivity index (χ4v) is 2.14. The maximum Gasteiger partial charge on any atom is 0.167 e. The van der Waals surface area contributed by atoms with Gasteiger partial charge in [-0.05, 0) is 29.8 Å². The van der Waals surface area contributed by atoms with E-state index in [1.165, 1.54) is 12.1 Å². The molecular formula is C14H11BrFNO. The van der Waals surface area contributed by atoms with Crippen LogP contribution in [0.5, 0.6) is 0 Å². The highest BCUT2D eigenvalue weighted by atomic mass is 79.9. The summed E-state index contributed by atoms with van der Waals surface area (Å²) < 4.78 is 13.5. The van der Waals surface area contributed by atoms with E-state index in [9.17, 15) is 9.18 Å². The first-order valence-corrected chi connectivity index (χ1v) is 6.18. The number of carbonyl (C=O) groups is 1. The van der Waals surface area contributed by atoms with E-state index in [1.54, 1.807) is 30.3 Å². The van der Waals surface area contributed by atoms with Crippen molar-refractivity contribution in [2.24, 2.45) is 0 Å². The van der Waals surface area contributed by atoms with Gasteiger partial charge in [0.05, 0.1) is 0 Å². The SMILES string of the molecule is Nc1cccc(C(=O)Cc2ccc(F)cc2Br)c1. The van der Waals surface area contributed by atoms with Crippen molar-refractivity contribution in [2.45, 2.75) is 6.42 Å². The zero-order valence-corrected chi connectivity index (χ0v) is 11.1. The first-order valence-electron chi connectivity index (χ1n) is 5.39. The standard InChI is InChI=1S/C14H11BrFNO/c15-13-8-11(16)5-4-9(13)7-14(18)10-2-1-3-12(17)6-10/h1-6,8H,7,17H2. The van der Waals surface area contributed by atoms with Crippen molar-refractivity contribution in [3.63, 3.8) is 0 Å². The molecule has 0 aliphatic rings. The summed E-state index contributed by atoms with van der Waals surface area (Å²) in [4.78, 5) is 12.0. The molecule has 18 heavy (non-hydrogen) atoms. The van der Waals surface area contributed by atoms with E-state index in [0.29, 0.717) is 15.7 Å². The Bertz CT molecular complexity index is 598. The Kier molecular flexibility index (Phi) is 3.77. The molecule has 2 aromatic carbocycles. The summed E-state index contributed by atoms with van der Waals surface area (Å²) in [6.07, 6.45) is 0.213. The average Bonchev–Trinajstić information content (AvgIpc) is 2.32. The number of Topliss-reactive ketones (excluding diaryl/α,β-unsaturated/α-hetero) is 1. The lowest BCUT2D eigenvalue weighted by Gasteiger charge is -2.05. The van der Waals surface area contributed by atoms with Gasteiger partial charge in [0, 0.05) is 22.1 Å². The first-order chi connectivity index (χ1) is 8.56. The molecule has 0 atom stereocenters. The minimum Gasteiger partial charge on any atom is -0.399 e. The van der Waals surface area contributed by atoms with E-state index < -0.39 is 0 Å². The minimum absolute atomic E-state index is 0.0467. The van der Waals surface area contributed by atoms with Gasteiger partial charge >= 0.3 is 0 Å². The van der Waals surface area contributed by atoms with E-state index in [4.69, 9.17) is 5.73 Å². The quantitative estimate of drug-likeness (QED) is 0.695. The van der Waals surface area contributed by atoms with Gasteiger partial charge in [-0.1, -0.05) is 34.1 Å². The maximum absolute atomic E-state index is 12.9. The zero-order chi connectivity index (χ0) is 13.1. The number of benzene rings is 2. The summed E-state index contributed by atoms with van der Waals surface area (Å²) in [7, 11) is 0. The predicted molar refractivity (Wildman–Crippen MR) is 73.0 cm³/mol. The molecule has 0 saturated heterocycles. The summed E-state index contributed by atoms with van der Waals surface area (Å²) in [6, 6.07) is 11.1. The van der Waals surface area contributed by atoms with Gasteiger partial charge in [-0.25, -0.2) is 4.39 Å². The third-order valence-electron chi connectivity index (χ3n) is 2.57. The molecule has 2 N–H and O–H groups in total. The molecule has 0 saturated carbocycles. The molecule has 0 amide bonds. The second-order valence-corrected chi connectivity index (χ2v) is 4.82. The van der Waals surface area contributed by atoms with E-state index in [2.05, 4.69) is 15.9 Å². The van der Waals surface area contributed by atoms with Gasteiger partial charge in [0.2, 0.25) is 0 Å². The molecule has 0 spiro atoms. The molecule has 0 aliphatic heterocycles. The normalized spacial score (nSPS) is 10.3. The number of anilines is 1. The van der Waals surface area contributed by atoms with E-state index in [1.807, 2.05) is 0 Å². The Balaban J connectivity index is 2.21. The minimum atomic E-state index is -0.331. The van der Waals surface area contributed by atoms with Crippen molar-refractivity contribution >= 4 is 27.4 Å². The molecule has 2 rings (SSSR count). The number of halogens is 2. The van der Waals surface area contributed by atoms with E-state index in [-0.39, 0.29) is 18.0 Å². The Morgan fingerprint density at radius 2 is 2.00 bits per heavy atom. The number of carbonyl (C=O) groups excluding carboxylic acids is 1. The summed E-state index contributed by atoms with van der Waals surface area (Å²) in [6.45, 7) is 0. The molecule has 92 valence electrons. The molecule has 0 radical (unpaired) electrons. The summed E-state index contributed by atoms with van der Waals surface area (Å²) in [5.41, 5.74) is 7.50. The van der Waals surface area contributed by atoms with Crippen LogP contribution in [0.25, 0.3) is 0 Å². The van der Waals surface area contributed by atoms with E-state index in [0.717, 1.165) is 5.56 Å². The van der Waals surface area contributed by atoms with Crippen LogP contribution in [0.15, 0.2) is 46.9 Å². The third kappa shape index (κ3) is 2.96. The number of hydrogen-bond donors (Lipinski definition) is 1. The summed E-state index contributed by atoms with van der Waals surface area (Å²) >= 11 is 3.25. The lowest BCUT2D eigenvalue weighted by molar-refractivity contribution is 0.0993. The molecule has 0 aromatic heterocycles. The lowest BCUT2D eigenvalue weighted by Crippen LogP contribution is -2.04. The highest BCUT2D eigenvalue weighted by Gasteiger charge is 2.10. The van der Waals surface area contributed by atoms with Crippen molar-refractivity contribution in [3.8, 4) is 0 Å². The third-order valence-corrected chi connectivity index (χ3v) is 3.31. The van der Waals surface area contributed by atoms with Gasteiger partial charge in [-0.2, -0.15) is 0 Å². The van der Waals surface area contributed by atoms with Crippen molar-refractivity contribution < 1.29 is 9.18 Å². The Hall–Kier alpha value is -1.68. The lowest BCUT2D eigenvalue weighted by atomic mass is 10.0. The topological polar surface area (TPSA) is 43.1 Å². The second-order valence-electron chi connectivity index (χ2n) is 3.96. The largest absolute Gasteiger partial charge is 0.399 e. The fourth-order valence-electron chi connectivity index (χ4n) is 1.65. The molecule has 4 heteroatoms. The second kappa shape index (κ2) is 5.31. The van der Waals surface area contributed by atoms with Crippen LogP contribution in [0.4, 0.5) is 10.1 Å². The summed E-state index contributed by atoms with van der Waals surface area (Å²) in [5.74, 6) is -0.378. The highest BCUT2D eigenvalue weighted by molar-refractivity contribution is 9.10. The average molecular weight is 308 g/mol. The van der Waals surface area contributed by atoms with Crippen LogP contribution in [0.1, 0.15) is 15.9 Å². The van der Waals surface area contributed by atoms with Gasteiger partial charge in [-0.3, -0.25) is 4.79 Å². The van der Waals surface area contributed by atoms with Gasteiger partial charge in [0.25, 0.3) is 0 Å². The van der Waals surface area contributed by atoms with Crippen molar-refractivity contribution in [1.82, 2.24) is 0 Å². The predicted octanol–water partition coefficient (Wildman–Crippen LogP) is 3.60. The van der Waals surface area contributed by atoms with Crippen molar-refractivity contribution in [2.75, 3.05) is 5.73 Å². The van der Waals surface area contributed by atoms with Crippen LogP contribution >= 0.6 is 15.9 Å². The molecule has 0 aliphatic carbocycles. The number of nitrogen functional groups attached to an aromatic ring is 1. The van der Waals surface area contributed by atoms with Crippen LogP contribution in [-0.4, -0.2) is 5.78 Å². The Labute approximate surface area is 113 Å². The van der Waals surface area contributed by atoms with Crippen LogP contribution in [0.2, 0.25) is 0 Å². The molecule has 0 unspecified atom stereocenters. The Morgan fingerprint density at radius 1 is 1.22 bits per heavy atom.